The molecule has 2 amide bonds. The van der Waals surface area contributed by atoms with Gasteiger partial charge in [0.15, 0.2) is 0 Å². The topological polar surface area (TPSA) is 105 Å². The molecule has 0 bridgehead atoms. The van der Waals surface area contributed by atoms with Crippen LogP contribution in [0.25, 0.3) is 5.52 Å². The van der Waals surface area contributed by atoms with Crippen molar-refractivity contribution in [1.82, 2.24) is 14.9 Å². The van der Waals surface area contributed by atoms with Gasteiger partial charge in [-0.3, -0.25) is 4.72 Å². The Bertz CT molecular complexity index is 1020. The van der Waals surface area contributed by atoms with Gasteiger partial charge in [-0.15, -0.1) is 0 Å². The standard InChI is InChI=1S/C16H16FN5O3S/c17-12-1-3-13(4-2-12)20-16(23)18-8-10-26(24,25)21-14-6-9-22-15(11-14)5-7-19-22/h1-7,9,11,21H,8,10H2,(H2,18,20,23). The zero-order chi connectivity index (χ0) is 18.6. The summed E-state index contributed by atoms with van der Waals surface area (Å²) in [6.07, 6.45) is 3.25. The number of rotatable bonds is 6. The summed E-state index contributed by atoms with van der Waals surface area (Å²) in [5.74, 6) is -0.712. The Hall–Kier alpha value is -3.14. The quantitative estimate of drug-likeness (QED) is 0.611. The molecule has 2 heterocycles. The van der Waals surface area contributed by atoms with Gasteiger partial charge in [-0.05, 0) is 42.5 Å². The zero-order valence-corrected chi connectivity index (χ0v) is 14.3. The van der Waals surface area contributed by atoms with E-state index in [2.05, 4.69) is 20.5 Å². The van der Waals surface area contributed by atoms with Crippen LogP contribution in [0.1, 0.15) is 0 Å². The summed E-state index contributed by atoms with van der Waals surface area (Å²) in [7, 11) is -3.63. The number of benzene rings is 1. The Morgan fingerprint density at radius 3 is 2.65 bits per heavy atom. The number of halogens is 1. The lowest BCUT2D eigenvalue weighted by atomic mass is 10.3. The van der Waals surface area contributed by atoms with E-state index < -0.39 is 21.9 Å². The van der Waals surface area contributed by atoms with E-state index in [0.29, 0.717) is 11.4 Å². The fourth-order valence-corrected chi connectivity index (χ4v) is 3.18. The molecule has 0 aliphatic rings. The summed E-state index contributed by atoms with van der Waals surface area (Å²) in [6.45, 7) is -0.0860. The van der Waals surface area contributed by atoms with E-state index in [-0.39, 0.29) is 12.3 Å². The molecular formula is C16H16FN5O3S. The van der Waals surface area contributed by atoms with Crippen LogP contribution in [0.5, 0.6) is 0 Å². The molecular weight excluding hydrogens is 361 g/mol. The van der Waals surface area contributed by atoms with E-state index in [4.69, 9.17) is 0 Å². The highest BCUT2D eigenvalue weighted by atomic mass is 32.2. The maximum absolute atomic E-state index is 12.8. The van der Waals surface area contributed by atoms with Gasteiger partial charge >= 0.3 is 6.03 Å². The van der Waals surface area contributed by atoms with Crippen LogP contribution in [0.2, 0.25) is 0 Å². The van der Waals surface area contributed by atoms with Gasteiger partial charge in [0.2, 0.25) is 10.0 Å². The van der Waals surface area contributed by atoms with E-state index >= 15 is 0 Å². The molecule has 0 saturated carbocycles. The molecule has 3 rings (SSSR count). The molecule has 136 valence electrons. The maximum Gasteiger partial charge on any atom is 0.319 e. The van der Waals surface area contributed by atoms with Crippen molar-refractivity contribution in [2.75, 3.05) is 22.3 Å². The summed E-state index contributed by atoms with van der Waals surface area (Å²) >= 11 is 0. The number of carbonyl (C=O) groups is 1. The highest BCUT2D eigenvalue weighted by Gasteiger charge is 2.12. The average Bonchev–Trinajstić information content (AvgIpc) is 3.04. The maximum atomic E-state index is 12.8. The second-order valence-corrected chi connectivity index (χ2v) is 7.27. The van der Waals surface area contributed by atoms with E-state index in [1.807, 2.05) is 0 Å². The molecule has 0 radical (unpaired) electrons. The molecule has 10 heteroatoms. The molecule has 0 aliphatic carbocycles. The first-order valence-corrected chi connectivity index (χ1v) is 9.31. The van der Waals surface area contributed by atoms with Crippen molar-refractivity contribution in [2.45, 2.75) is 0 Å². The fourth-order valence-electron chi connectivity index (χ4n) is 2.22. The molecule has 26 heavy (non-hydrogen) atoms. The summed E-state index contributed by atoms with van der Waals surface area (Å²) in [5.41, 5.74) is 1.56. The van der Waals surface area contributed by atoms with Crippen molar-refractivity contribution in [3.05, 3.63) is 60.7 Å². The highest BCUT2D eigenvalue weighted by molar-refractivity contribution is 7.92. The molecule has 0 unspecified atom stereocenters. The van der Waals surface area contributed by atoms with Gasteiger partial charge < -0.3 is 10.6 Å². The number of carbonyl (C=O) groups excluding carboxylic acids is 1. The molecule has 0 fully saturated rings. The van der Waals surface area contributed by atoms with Gasteiger partial charge in [-0.25, -0.2) is 22.1 Å². The van der Waals surface area contributed by atoms with Crippen molar-refractivity contribution in [3.63, 3.8) is 0 Å². The molecule has 1 aromatic carbocycles. The minimum atomic E-state index is -3.63. The monoisotopic (exact) mass is 377 g/mol. The molecule has 8 nitrogen and oxygen atoms in total. The van der Waals surface area contributed by atoms with E-state index in [9.17, 15) is 17.6 Å². The largest absolute Gasteiger partial charge is 0.337 e. The van der Waals surface area contributed by atoms with Gasteiger partial charge in [0, 0.05) is 24.6 Å². The molecule has 2 aromatic heterocycles. The van der Waals surface area contributed by atoms with Crippen molar-refractivity contribution >= 4 is 32.9 Å². The number of urea groups is 1. The van der Waals surface area contributed by atoms with Gasteiger partial charge in [0.1, 0.15) is 5.82 Å². The molecule has 0 spiro atoms. The smallest absolute Gasteiger partial charge is 0.319 e. The number of amides is 2. The van der Waals surface area contributed by atoms with Crippen molar-refractivity contribution < 1.29 is 17.6 Å². The van der Waals surface area contributed by atoms with Crippen LogP contribution in [-0.4, -0.2) is 36.4 Å². The first-order chi connectivity index (χ1) is 12.4. The van der Waals surface area contributed by atoms with Crippen LogP contribution >= 0.6 is 0 Å². The van der Waals surface area contributed by atoms with E-state index in [1.54, 1.807) is 35.1 Å². The number of hydrogen-bond acceptors (Lipinski definition) is 4. The van der Waals surface area contributed by atoms with E-state index in [0.717, 1.165) is 5.52 Å². The zero-order valence-electron chi connectivity index (χ0n) is 13.5. The third kappa shape index (κ3) is 4.70. The third-order valence-corrected chi connectivity index (χ3v) is 4.72. The average molecular weight is 377 g/mol. The number of aromatic nitrogens is 2. The predicted octanol–water partition coefficient (Wildman–Crippen LogP) is 2.04. The van der Waals surface area contributed by atoms with Gasteiger partial charge in [0.05, 0.1) is 17.0 Å². The van der Waals surface area contributed by atoms with Crippen molar-refractivity contribution in [1.29, 1.82) is 0 Å². The number of anilines is 2. The van der Waals surface area contributed by atoms with Gasteiger partial charge in [-0.1, -0.05) is 0 Å². The summed E-state index contributed by atoms with van der Waals surface area (Å²) in [4.78, 5) is 11.7. The van der Waals surface area contributed by atoms with Crippen LogP contribution in [0.4, 0.5) is 20.6 Å². The number of hydrogen-bond donors (Lipinski definition) is 3. The SMILES string of the molecule is O=C(NCCS(=O)(=O)Nc1ccn2nccc2c1)Nc1ccc(F)cc1. The van der Waals surface area contributed by atoms with Crippen LogP contribution in [-0.2, 0) is 10.0 Å². The lowest BCUT2D eigenvalue weighted by Crippen LogP contribution is -2.34. The number of fused-ring (bicyclic) bond motifs is 1. The van der Waals surface area contributed by atoms with Crippen molar-refractivity contribution in [3.8, 4) is 0 Å². The minimum absolute atomic E-state index is 0.0860. The predicted molar refractivity (Wildman–Crippen MR) is 96.0 cm³/mol. The lowest BCUT2D eigenvalue weighted by molar-refractivity contribution is 0.252. The molecule has 0 saturated heterocycles. The Labute approximate surface area is 149 Å². The Morgan fingerprint density at radius 1 is 1.12 bits per heavy atom. The summed E-state index contributed by atoms with van der Waals surface area (Å²) in [5, 5.41) is 8.95. The molecule has 3 aromatic rings. The van der Waals surface area contributed by atoms with Crippen molar-refractivity contribution in [2.24, 2.45) is 0 Å². The number of pyridine rings is 1. The van der Waals surface area contributed by atoms with Gasteiger partial charge in [0.25, 0.3) is 0 Å². The van der Waals surface area contributed by atoms with Crippen LogP contribution in [0.15, 0.2) is 54.9 Å². The third-order valence-electron chi connectivity index (χ3n) is 3.43. The Kier molecular flexibility index (Phi) is 5.03. The van der Waals surface area contributed by atoms with Crippen LogP contribution < -0.4 is 15.4 Å². The first kappa shape index (κ1) is 17.7. The number of nitrogens with zero attached hydrogens (tertiary/aromatic N) is 2. The molecule has 0 aliphatic heterocycles. The van der Waals surface area contributed by atoms with Gasteiger partial charge in [-0.2, -0.15) is 5.10 Å². The lowest BCUT2D eigenvalue weighted by Gasteiger charge is -2.10. The second-order valence-electron chi connectivity index (χ2n) is 5.42. The summed E-state index contributed by atoms with van der Waals surface area (Å²) < 4.78 is 41.1. The number of sulfonamides is 1. The van der Waals surface area contributed by atoms with Crippen LogP contribution in [0.3, 0.4) is 0 Å². The number of nitrogens with one attached hydrogen (secondary N) is 3. The first-order valence-electron chi connectivity index (χ1n) is 7.66. The van der Waals surface area contributed by atoms with E-state index in [1.165, 1.54) is 24.3 Å². The normalized spacial score (nSPS) is 11.3. The Balaban J connectivity index is 1.49. The minimum Gasteiger partial charge on any atom is -0.337 e. The molecule has 3 N–H and O–H groups in total. The molecule has 0 atom stereocenters. The fraction of sp³-hybridized carbons (Fsp3) is 0.125. The Morgan fingerprint density at radius 2 is 1.88 bits per heavy atom. The highest BCUT2D eigenvalue weighted by Crippen LogP contribution is 2.13. The van der Waals surface area contributed by atoms with Crippen LogP contribution in [0, 0.1) is 5.82 Å². The summed E-state index contributed by atoms with van der Waals surface area (Å²) in [6, 6.07) is 9.64. The second kappa shape index (κ2) is 7.40.